The first-order valence-corrected chi connectivity index (χ1v) is 7.97. The Morgan fingerprint density at radius 1 is 1.15 bits per heavy atom. The van der Waals surface area contributed by atoms with Crippen molar-refractivity contribution in [3.63, 3.8) is 0 Å². The van der Waals surface area contributed by atoms with E-state index < -0.39 is 0 Å². The second kappa shape index (κ2) is 7.09. The Kier molecular flexibility index (Phi) is 4.93. The van der Waals surface area contributed by atoms with Crippen LogP contribution in [-0.2, 0) is 11.2 Å². The molecular formula is C17H25NO2. The van der Waals surface area contributed by atoms with E-state index in [1.54, 1.807) is 0 Å². The molecule has 2 fully saturated rings. The minimum atomic E-state index is 0.326. The predicted octanol–water partition coefficient (Wildman–Crippen LogP) is 2.93. The summed E-state index contributed by atoms with van der Waals surface area (Å²) in [5.41, 5.74) is 1.38. The summed E-state index contributed by atoms with van der Waals surface area (Å²) in [4.78, 5) is 0. The van der Waals surface area contributed by atoms with Crippen LogP contribution < -0.4 is 10.1 Å². The average Bonchev–Trinajstić information content (AvgIpc) is 2.50. The topological polar surface area (TPSA) is 30.5 Å². The Balaban J connectivity index is 1.57. The van der Waals surface area contributed by atoms with E-state index in [-0.39, 0.29) is 0 Å². The van der Waals surface area contributed by atoms with Crippen LogP contribution in [-0.4, -0.2) is 31.9 Å². The summed E-state index contributed by atoms with van der Waals surface area (Å²) in [5, 5.41) is 3.61. The Morgan fingerprint density at radius 2 is 2.05 bits per heavy atom. The molecule has 2 aliphatic rings. The minimum absolute atomic E-state index is 0.326. The van der Waals surface area contributed by atoms with Crippen LogP contribution in [0, 0.1) is 0 Å². The summed E-state index contributed by atoms with van der Waals surface area (Å²) in [5.74, 6) is 1.02. The van der Waals surface area contributed by atoms with Crippen LogP contribution in [0.15, 0.2) is 24.3 Å². The molecular weight excluding hydrogens is 250 g/mol. The highest BCUT2D eigenvalue weighted by Gasteiger charge is 2.16. The lowest BCUT2D eigenvalue weighted by Crippen LogP contribution is -2.35. The molecule has 1 unspecified atom stereocenters. The number of ether oxygens (including phenoxy) is 2. The van der Waals surface area contributed by atoms with Gasteiger partial charge in [0.05, 0.1) is 13.2 Å². The van der Waals surface area contributed by atoms with Gasteiger partial charge in [-0.15, -0.1) is 0 Å². The first-order valence-electron chi connectivity index (χ1n) is 7.97. The molecule has 0 saturated carbocycles. The second-order valence-corrected chi connectivity index (χ2v) is 5.93. The SMILES string of the molecule is c1cc(CC2CCCCN2)cc(OC2CCOCC2)c1. The van der Waals surface area contributed by atoms with E-state index in [9.17, 15) is 0 Å². The smallest absolute Gasteiger partial charge is 0.119 e. The van der Waals surface area contributed by atoms with Crippen molar-refractivity contribution in [2.45, 2.75) is 50.7 Å². The highest BCUT2D eigenvalue weighted by molar-refractivity contribution is 5.29. The molecule has 20 heavy (non-hydrogen) atoms. The zero-order chi connectivity index (χ0) is 13.6. The number of benzene rings is 1. The number of nitrogens with one attached hydrogen (secondary N) is 1. The molecule has 1 atom stereocenters. The second-order valence-electron chi connectivity index (χ2n) is 5.93. The molecule has 3 rings (SSSR count). The summed E-state index contributed by atoms with van der Waals surface area (Å²) >= 11 is 0. The van der Waals surface area contributed by atoms with Gasteiger partial charge in [0.15, 0.2) is 0 Å². The third kappa shape index (κ3) is 3.97. The number of hydrogen-bond donors (Lipinski definition) is 1. The van der Waals surface area contributed by atoms with Crippen molar-refractivity contribution in [2.75, 3.05) is 19.8 Å². The first kappa shape index (κ1) is 13.9. The molecule has 0 aliphatic carbocycles. The van der Waals surface area contributed by atoms with Crippen molar-refractivity contribution in [1.29, 1.82) is 0 Å². The fraction of sp³-hybridized carbons (Fsp3) is 0.647. The third-order valence-corrected chi connectivity index (χ3v) is 4.26. The van der Waals surface area contributed by atoms with E-state index in [2.05, 4.69) is 29.6 Å². The summed E-state index contributed by atoms with van der Waals surface area (Å²) < 4.78 is 11.5. The average molecular weight is 275 g/mol. The Morgan fingerprint density at radius 3 is 2.85 bits per heavy atom. The molecule has 3 heteroatoms. The van der Waals surface area contributed by atoms with Gasteiger partial charge in [-0.05, 0) is 43.5 Å². The molecule has 2 saturated heterocycles. The minimum Gasteiger partial charge on any atom is -0.490 e. The lowest BCUT2D eigenvalue weighted by molar-refractivity contribution is 0.0255. The van der Waals surface area contributed by atoms with Gasteiger partial charge in [0, 0.05) is 18.9 Å². The third-order valence-electron chi connectivity index (χ3n) is 4.26. The van der Waals surface area contributed by atoms with E-state index in [4.69, 9.17) is 9.47 Å². The van der Waals surface area contributed by atoms with Crippen LogP contribution in [0.25, 0.3) is 0 Å². The molecule has 3 nitrogen and oxygen atoms in total. The van der Waals surface area contributed by atoms with Crippen molar-refractivity contribution < 1.29 is 9.47 Å². The van der Waals surface area contributed by atoms with Gasteiger partial charge in [0.1, 0.15) is 11.9 Å². The number of rotatable bonds is 4. The Hall–Kier alpha value is -1.06. The molecule has 0 amide bonds. The van der Waals surface area contributed by atoms with Gasteiger partial charge in [0.2, 0.25) is 0 Å². The number of hydrogen-bond acceptors (Lipinski definition) is 3. The summed E-state index contributed by atoms with van der Waals surface area (Å²) in [6.07, 6.45) is 7.44. The molecule has 0 aromatic heterocycles. The highest BCUT2D eigenvalue weighted by Crippen LogP contribution is 2.21. The van der Waals surface area contributed by atoms with E-state index in [1.807, 2.05) is 0 Å². The quantitative estimate of drug-likeness (QED) is 0.916. The van der Waals surface area contributed by atoms with Crippen molar-refractivity contribution in [3.8, 4) is 5.75 Å². The molecule has 1 aromatic carbocycles. The van der Waals surface area contributed by atoms with Crippen LogP contribution in [0.4, 0.5) is 0 Å². The largest absolute Gasteiger partial charge is 0.490 e. The van der Waals surface area contributed by atoms with E-state index >= 15 is 0 Å². The van der Waals surface area contributed by atoms with Crippen molar-refractivity contribution in [2.24, 2.45) is 0 Å². The van der Waals surface area contributed by atoms with Gasteiger partial charge >= 0.3 is 0 Å². The predicted molar refractivity (Wildman–Crippen MR) is 80.3 cm³/mol. The van der Waals surface area contributed by atoms with Gasteiger partial charge in [-0.25, -0.2) is 0 Å². The summed E-state index contributed by atoms with van der Waals surface area (Å²) in [6.45, 7) is 2.83. The van der Waals surface area contributed by atoms with E-state index in [0.717, 1.165) is 38.2 Å². The van der Waals surface area contributed by atoms with Crippen LogP contribution >= 0.6 is 0 Å². The summed E-state index contributed by atoms with van der Waals surface area (Å²) in [6, 6.07) is 9.26. The van der Waals surface area contributed by atoms with Gasteiger partial charge < -0.3 is 14.8 Å². The van der Waals surface area contributed by atoms with Gasteiger partial charge in [-0.3, -0.25) is 0 Å². The summed E-state index contributed by atoms with van der Waals surface area (Å²) in [7, 11) is 0. The van der Waals surface area contributed by atoms with E-state index in [1.165, 1.54) is 31.4 Å². The van der Waals surface area contributed by atoms with Crippen molar-refractivity contribution >= 4 is 0 Å². The monoisotopic (exact) mass is 275 g/mol. The lowest BCUT2D eigenvalue weighted by Gasteiger charge is -2.25. The molecule has 0 spiro atoms. The Labute approximate surface area is 121 Å². The maximum Gasteiger partial charge on any atom is 0.119 e. The highest BCUT2D eigenvalue weighted by atomic mass is 16.5. The molecule has 110 valence electrons. The molecule has 2 aliphatic heterocycles. The normalized spacial score (nSPS) is 24.5. The van der Waals surface area contributed by atoms with Crippen LogP contribution in [0.2, 0.25) is 0 Å². The molecule has 2 heterocycles. The maximum absolute atomic E-state index is 6.08. The zero-order valence-electron chi connectivity index (χ0n) is 12.1. The van der Waals surface area contributed by atoms with E-state index in [0.29, 0.717) is 12.1 Å². The lowest BCUT2D eigenvalue weighted by atomic mass is 9.98. The zero-order valence-corrected chi connectivity index (χ0v) is 12.1. The first-order chi connectivity index (χ1) is 9.90. The Bertz CT molecular complexity index is 374. The molecule has 0 bridgehead atoms. The van der Waals surface area contributed by atoms with Crippen LogP contribution in [0.3, 0.4) is 0 Å². The van der Waals surface area contributed by atoms with Gasteiger partial charge in [0.25, 0.3) is 0 Å². The van der Waals surface area contributed by atoms with Crippen molar-refractivity contribution in [3.05, 3.63) is 29.8 Å². The fourth-order valence-electron chi connectivity index (χ4n) is 3.11. The maximum atomic E-state index is 6.08. The van der Waals surface area contributed by atoms with Crippen molar-refractivity contribution in [1.82, 2.24) is 5.32 Å². The van der Waals surface area contributed by atoms with Crippen LogP contribution in [0.5, 0.6) is 5.75 Å². The van der Waals surface area contributed by atoms with Crippen LogP contribution in [0.1, 0.15) is 37.7 Å². The van der Waals surface area contributed by atoms with Gasteiger partial charge in [-0.1, -0.05) is 18.6 Å². The standard InChI is InChI=1S/C17H25NO2/c1-2-9-18-15(5-1)12-14-4-3-6-17(13-14)20-16-7-10-19-11-8-16/h3-4,6,13,15-16,18H,1-2,5,7-12H2. The molecule has 1 N–H and O–H groups in total. The molecule has 1 aromatic rings. The molecule has 0 radical (unpaired) electrons. The number of piperidine rings is 1. The van der Waals surface area contributed by atoms with Gasteiger partial charge in [-0.2, -0.15) is 0 Å². The fourth-order valence-corrected chi connectivity index (χ4v) is 3.11.